The van der Waals surface area contributed by atoms with Gasteiger partial charge in [-0.1, -0.05) is 5.16 Å². The monoisotopic (exact) mass is 154 g/mol. The third-order valence-corrected chi connectivity index (χ3v) is 1.50. The second-order valence-electron chi connectivity index (χ2n) is 2.35. The highest BCUT2D eigenvalue weighted by Crippen LogP contribution is 2.11. The summed E-state index contributed by atoms with van der Waals surface area (Å²) >= 11 is 0. The molecule has 1 aromatic heterocycles. The Morgan fingerprint density at radius 3 is 2.64 bits per heavy atom. The molecule has 4 heteroatoms. The predicted octanol–water partition coefficient (Wildman–Crippen LogP) is -0.416. The van der Waals surface area contributed by atoms with Gasteiger partial charge in [-0.2, -0.15) is 0 Å². The smallest absolute Gasteiger partial charge is 0.137 e. The highest BCUT2D eigenvalue weighted by molar-refractivity contribution is 5.68. The molecule has 0 aliphatic heterocycles. The maximum Gasteiger partial charge on any atom is 0.137 e. The zero-order chi connectivity index (χ0) is 8.43. The van der Waals surface area contributed by atoms with Crippen LogP contribution in [0.2, 0.25) is 0 Å². The molecule has 1 heterocycles. The van der Waals surface area contributed by atoms with Crippen LogP contribution in [0.1, 0.15) is 17.0 Å². The Labute approximate surface area is 63.8 Å². The Morgan fingerprint density at radius 1 is 1.64 bits per heavy atom. The average Bonchev–Trinajstić information content (AvgIpc) is 2.18. The van der Waals surface area contributed by atoms with Crippen molar-refractivity contribution in [2.45, 2.75) is 20.3 Å². The number of nitrogens with zero attached hydrogens (tertiary/aromatic N) is 1. The summed E-state index contributed by atoms with van der Waals surface area (Å²) in [5.41, 5.74) is 1.23. The lowest BCUT2D eigenvalue weighted by molar-refractivity contribution is -0.304. The van der Waals surface area contributed by atoms with E-state index in [-0.39, 0.29) is 6.42 Å². The largest absolute Gasteiger partial charge is 0.550 e. The van der Waals surface area contributed by atoms with Crippen molar-refractivity contribution in [2.24, 2.45) is 0 Å². The third-order valence-electron chi connectivity index (χ3n) is 1.50. The second-order valence-corrected chi connectivity index (χ2v) is 2.35. The standard InChI is InChI=1S/C7H9NO3/c1-4-6(3-7(9)10)5(2)11-8-4/h3H2,1-2H3,(H,9,10)/p-1. The van der Waals surface area contributed by atoms with Gasteiger partial charge in [0.15, 0.2) is 0 Å². The predicted molar refractivity (Wildman–Crippen MR) is 34.7 cm³/mol. The first-order valence-electron chi connectivity index (χ1n) is 3.23. The summed E-state index contributed by atoms with van der Waals surface area (Å²) in [6.45, 7) is 3.38. The molecule has 0 aliphatic rings. The van der Waals surface area contributed by atoms with E-state index in [1.54, 1.807) is 13.8 Å². The van der Waals surface area contributed by atoms with Crippen molar-refractivity contribution >= 4 is 5.97 Å². The van der Waals surface area contributed by atoms with Gasteiger partial charge in [0, 0.05) is 18.0 Å². The van der Waals surface area contributed by atoms with Crippen LogP contribution >= 0.6 is 0 Å². The summed E-state index contributed by atoms with van der Waals surface area (Å²) in [5.74, 6) is -0.564. The van der Waals surface area contributed by atoms with Crippen LogP contribution < -0.4 is 5.11 Å². The first kappa shape index (κ1) is 7.78. The highest BCUT2D eigenvalue weighted by Gasteiger charge is 2.07. The Morgan fingerprint density at radius 2 is 2.27 bits per heavy atom. The highest BCUT2D eigenvalue weighted by atomic mass is 16.5. The average molecular weight is 154 g/mol. The van der Waals surface area contributed by atoms with Crippen molar-refractivity contribution in [3.05, 3.63) is 17.0 Å². The fourth-order valence-corrected chi connectivity index (χ4v) is 0.899. The molecule has 0 saturated carbocycles. The number of hydrogen-bond acceptors (Lipinski definition) is 4. The van der Waals surface area contributed by atoms with Gasteiger partial charge >= 0.3 is 0 Å². The number of carboxylic acids is 1. The van der Waals surface area contributed by atoms with Gasteiger partial charge in [0.25, 0.3) is 0 Å². The van der Waals surface area contributed by atoms with Gasteiger partial charge in [-0.25, -0.2) is 0 Å². The Kier molecular flexibility index (Phi) is 1.94. The SMILES string of the molecule is Cc1noc(C)c1CC(=O)[O-]. The van der Waals surface area contributed by atoms with Gasteiger partial charge in [-0.3, -0.25) is 0 Å². The normalized spacial score (nSPS) is 10.0. The minimum Gasteiger partial charge on any atom is -0.550 e. The summed E-state index contributed by atoms with van der Waals surface area (Å²) in [5, 5.41) is 13.8. The Balaban J connectivity index is 2.92. The van der Waals surface area contributed by atoms with E-state index in [2.05, 4.69) is 5.16 Å². The molecule has 0 aliphatic carbocycles. The lowest BCUT2D eigenvalue weighted by Crippen LogP contribution is -2.24. The number of carbonyl (C=O) groups is 1. The van der Waals surface area contributed by atoms with Crippen molar-refractivity contribution in [2.75, 3.05) is 0 Å². The van der Waals surface area contributed by atoms with Gasteiger partial charge in [-0.05, 0) is 13.8 Å². The van der Waals surface area contributed by atoms with Crippen molar-refractivity contribution in [1.29, 1.82) is 0 Å². The van der Waals surface area contributed by atoms with Crippen LogP contribution in [0.4, 0.5) is 0 Å². The number of aromatic nitrogens is 1. The van der Waals surface area contributed by atoms with Gasteiger partial charge in [0.2, 0.25) is 0 Å². The molecule has 60 valence electrons. The van der Waals surface area contributed by atoms with Gasteiger partial charge < -0.3 is 14.4 Å². The zero-order valence-electron chi connectivity index (χ0n) is 6.38. The van der Waals surface area contributed by atoms with Crippen LogP contribution in [0.3, 0.4) is 0 Å². The second kappa shape index (κ2) is 2.74. The Bertz CT molecular complexity index is 258. The van der Waals surface area contributed by atoms with Gasteiger partial charge in [0.1, 0.15) is 5.76 Å². The maximum atomic E-state index is 10.2. The van der Waals surface area contributed by atoms with Crippen molar-refractivity contribution < 1.29 is 14.4 Å². The van der Waals surface area contributed by atoms with E-state index in [1.165, 1.54) is 0 Å². The topological polar surface area (TPSA) is 66.2 Å². The van der Waals surface area contributed by atoms with Gasteiger partial charge in [0.05, 0.1) is 5.69 Å². The number of rotatable bonds is 2. The summed E-state index contributed by atoms with van der Waals surface area (Å²) < 4.78 is 4.76. The van der Waals surface area contributed by atoms with Crippen LogP contribution in [-0.2, 0) is 11.2 Å². The molecule has 0 aromatic carbocycles. The number of carbonyl (C=O) groups excluding carboxylic acids is 1. The summed E-state index contributed by atoms with van der Waals surface area (Å²) in [4.78, 5) is 10.2. The molecule has 1 rings (SSSR count). The molecule has 0 radical (unpaired) electrons. The molecule has 0 unspecified atom stereocenters. The lowest BCUT2D eigenvalue weighted by atomic mass is 10.1. The molecular weight excluding hydrogens is 146 g/mol. The van der Waals surface area contributed by atoms with E-state index >= 15 is 0 Å². The number of aryl methyl sites for hydroxylation is 2. The van der Waals surface area contributed by atoms with Gasteiger partial charge in [-0.15, -0.1) is 0 Å². The van der Waals surface area contributed by atoms with E-state index in [4.69, 9.17) is 4.52 Å². The fraction of sp³-hybridized carbons (Fsp3) is 0.429. The van der Waals surface area contributed by atoms with Crippen molar-refractivity contribution in [3.8, 4) is 0 Å². The minimum atomic E-state index is -1.11. The first-order valence-corrected chi connectivity index (χ1v) is 3.23. The molecule has 0 N–H and O–H groups in total. The van der Waals surface area contributed by atoms with Crippen molar-refractivity contribution in [1.82, 2.24) is 5.16 Å². The Hall–Kier alpha value is -1.32. The molecule has 4 nitrogen and oxygen atoms in total. The number of carboxylic acid groups (broad SMARTS) is 1. The van der Waals surface area contributed by atoms with Crippen LogP contribution in [-0.4, -0.2) is 11.1 Å². The number of aliphatic carboxylic acids is 1. The lowest BCUT2D eigenvalue weighted by Gasteiger charge is -1.99. The summed E-state index contributed by atoms with van der Waals surface area (Å²) in [6.07, 6.45) is -0.124. The van der Waals surface area contributed by atoms with E-state index in [0.717, 1.165) is 0 Å². The molecule has 11 heavy (non-hydrogen) atoms. The van der Waals surface area contributed by atoms with Crippen LogP contribution in [0.5, 0.6) is 0 Å². The quantitative estimate of drug-likeness (QED) is 0.580. The molecular formula is C7H8NO3-. The minimum absolute atomic E-state index is 0.124. The van der Waals surface area contributed by atoms with Crippen LogP contribution in [0, 0.1) is 13.8 Å². The molecule has 0 saturated heterocycles. The maximum absolute atomic E-state index is 10.2. The third kappa shape index (κ3) is 1.58. The molecule has 0 spiro atoms. The fourth-order valence-electron chi connectivity index (χ4n) is 0.899. The van der Waals surface area contributed by atoms with E-state index in [0.29, 0.717) is 17.0 Å². The zero-order valence-corrected chi connectivity index (χ0v) is 6.38. The summed E-state index contributed by atoms with van der Waals surface area (Å²) in [7, 11) is 0. The van der Waals surface area contributed by atoms with E-state index in [1.807, 2.05) is 0 Å². The van der Waals surface area contributed by atoms with Crippen LogP contribution in [0.15, 0.2) is 4.52 Å². The molecule has 0 bridgehead atoms. The molecule has 0 fully saturated rings. The molecule has 1 aromatic rings. The first-order chi connectivity index (χ1) is 5.11. The van der Waals surface area contributed by atoms with E-state index < -0.39 is 5.97 Å². The molecule has 0 atom stereocenters. The molecule has 0 amide bonds. The van der Waals surface area contributed by atoms with Crippen LogP contribution in [0.25, 0.3) is 0 Å². The van der Waals surface area contributed by atoms with E-state index in [9.17, 15) is 9.90 Å². The summed E-state index contributed by atoms with van der Waals surface area (Å²) in [6, 6.07) is 0. The number of hydrogen-bond donors (Lipinski definition) is 0. The van der Waals surface area contributed by atoms with Crippen molar-refractivity contribution in [3.63, 3.8) is 0 Å².